The summed E-state index contributed by atoms with van der Waals surface area (Å²) >= 11 is 11.7. The number of aliphatic hydroxyl groups is 1. The molecule has 4 heteroatoms. The molecule has 0 aliphatic carbocycles. The Kier molecular flexibility index (Phi) is 4.41. The van der Waals surface area contributed by atoms with Crippen LogP contribution in [0.3, 0.4) is 0 Å². The summed E-state index contributed by atoms with van der Waals surface area (Å²) in [5, 5.41) is 11.0. The summed E-state index contributed by atoms with van der Waals surface area (Å²) in [5.41, 5.74) is 6.48. The van der Waals surface area contributed by atoms with Crippen LogP contribution in [0.15, 0.2) is 18.2 Å². The van der Waals surface area contributed by atoms with Crippen LogP contribution in [-0.4, -0.2) is 11.1 Å². The van der Waals surface area contributed by atoms with Gasteiger partial charge in [0, 0.05) is 21.7 Å². The third-order valence-corrected chi connectivity index (χ3v) is 2.98. The molecular weight excluding hydrogens is 233 g/mol. The Bertz CT molecular complexity index is 341. The lowest BCUT2D eigenvalue weighted by atomic mass is 9.94. The second-order valence-corrected chi connectivity index (χ2v) is 4.78. The van der Waals surface area contributed by atoms with Gasteiger partial charge >= 0.3 is 0 Å². The van der Waals surface area contributed by atoms with E-state index < -0.39 is 6.10 Å². The number of nitrogens with two attached hydrogens (primary N) is 1. The number of rotatable bonds is 3. The van der Waals surface area contributed by atoms with E-state index in [2.05, 4.69) is 0 Å². The topological polar surface area (TPSA) is 46.2 Å². The lowest BCUT2D eigenvalue weighted by molar-refractivity contribution is 0.126. The van der Waals surface area contributed by atoms with Gasteiger partial charge in [0.15, 0.2) is 0 Å². The number of halogens is 2. The van der Waals surface area contributed by atoms with Crippen LogP contribution in [0.2, 0.25) is 10.0 Å². The monoisotopic (exact) mass is 247 g/mol. The largest absolute Gasteiger partial charge is 0.387 e. The number of benzene rings is 1. The molecule has 0 aliphatic rings. The molecule has 1 aromatic carbocycles. The van der Waals surface area contributed by atoms with Crippen LogP contribution in [-0.2, 0) is 0 Å². The Morgan fingerprint density at radius 2 is 1.87 bits per heavy atom. The molecule has 2 atom stereocenters. The third-order valence-electron chi connectivity index (χ3n) is 2.42. The van der Waals surface area contributed by atoms with Gasteiger partial charge in [-0.3, -0.25) is 0 Å². The molecule has 0 saturated heterocycles. The van der Waals surface area contributed by atoms with Crippen molar-refractivity contribution in [2.24, 2.45) is 11.7 Å². The Morgan fingerprint density at radius 3 is 2.33 bits per heavy atom. The van der Waals surface area contributed by atoms with Gasteiger partial charge in [-0.2, -0.15) is 0 Å². The maximum absolute atomic E-state index is 9.98. The van der Waals surface area contributed by atoms with Crippen LogP contribution in [0.4, 0.5) is 0 Å². The molecule has 2 unspecified atom stereocenters. The molecule has 0 heterocycles. The van der Waals surface area contributed by atoms with Crippen molar-refractivity contribution < 1.29 is 5.11 Å². The van der Waals surface area contributed by atoms with Crippen LogP contribution in [0.25, 0.3) is 0 Å². The molecule has 1 aromatic rings. The molecule has 1 rings (SSSR count). The van der Waals surface area contributed by atoms with Gasteiger partial charge in [-0.1, -0.05) is 43.1 Å². The van der Waals surface area contributed by atoms with Crippen molar-refractivity contribution in [1.29, 1.82) is 0 Å². The van der Waals surface area contributed by atoms with Gasteiger partial charge in [-0.25, -0.2) is 0 Å². The number of aliphatic hydroxyl groups excluding tert-OH is 1. The minimum atomic E-state index is -0.755. The lowest BCUT2D eigenvalue weighted by Crippen LogP contribution is -2.33. The van der Waals surface area contributed by atoms with Gasteiger partial charge in [0.2, 0.25) is 0 Å². The van der Waals surface area contributed by atoms with E-state index in [4.69, 9.17) is 28.9 Å². The van der Waals surface area contributed by atoms with Crippen LogP contribution in [0.1, 0.15) is 25.5 Å². The van der Waals surface area contributed by atoms with Gasteiger partial charge in [0.1, 0.15) is 0 Å². The minimum absolute atomic E-state index is 0.187. The zero-order valence-electron chi connectivity index (χ0n) is 8.74. The first kappa shape index (κ1) is 12.8. The predicted molar refractivity (Wildman–Crippen MR) is 64.2 cm³/mol. The molecule has 0 aliphatic heterocycles. The quantitative estimate of drug-likeness (QED) is 0.863. The van der Waals surface area contributed by atoms with E-state index in [9.17, 15) is 5.11 Å². The Balaban J connectivity index is 2.96. The average Bonchev–Trinajstić information content (AvgIpc) is 2.15. The van der Waals surface area contributed by atoms with E-state index in [1.165, 1.54) is 0 Å². The molecule has 0 amide bonds. The van der Waals surface area contributed by atoms with E-state index in [-0.39, 0.29) is 12.0 Å². The van der Waals surface area contributed by atoms with Crippen LogP contribution in [0.5, 0.6) is 0 Å². The third kappa shape index (κ3) is 3.08. The minimum Gasteiger partial charge on any atom is -0.387 e. The lowest BCUT2D eigenvalue weighted by Gasteiger charge is -2.23. The highest BCUT2D eigenvalue weighted by Crippen LogP contribution is 2.29. The van der Waals surface area contributed by atoms with Crippen molar-refractivity contribution in [2.45, 2.75) is 26.0 Å². The molecule has 0 spiro atoms. The Hall–Kier alpha value is -0.280. The summed E-state index contributed by atoms with van der Waals surface area (Å²) in [6.45, 7) is 3.91. The van der Waals surface area contributed by atoms with Gasteiger partial charge in [0.05, 0.1) is 6.10 Å². The van der Waals surface area contributed by atoms with Crippen LogP contribution < -0.4 is 5.73 Å². The molecule has 0 fully saturated rings. The molecule has 84 valence electrons. The maximum Gasteiger partial charge on any atom is 0.0957 e. The molecule has 0 bridgehead atoms. The maximum atomic E-state index is 9.98. The second-order valence-electron chi connectivity index (χ2n) is 3.93. The first-order valence-electron chi connectivity index (χ1n) is 4.82. The first-order valence-corrected chi connectivity index (χ1v) is 5.57. The molecule has 3 N–H and O–H groups in total. The van der Waals surface area contributed by atoms with Gasteiger partial charge in [-0.15, -0.1) is 0 Å². The van der Waals surface area contributed by atoms with Crippen molar-refractivity contribution in [2.75, 3.05) is 0 Å². The molecule has 0 aromatic heterocycles. The predicted octanol–water partition coefficient (Wildman–Crippen LogP) is 3.01. The highest BCUT2D eigenvalue weighted by molar-refractivity contribution is 6.35. The summed E-state index contributed by atoms with van der Waals surface area (Å²) in [6, 6.07) is 4.68. The fourth-order valence-corrected chi connectivity index (χ4v) is 1.83. The van der Waals surface area contributed by atoms with Gasteiger partial charge in [-0.05, 0) is 18.1 Å². The highest BCUT2D eigenvalue weighted by Gasteiger charge is 2.21. The van der Waals surface area contributed by atoms with Crippen molar-refractivity contribution in [3.8, 4) is 0 Å². The molecule has 0 radical (unpaired) electrons. The fourth-order valence-electron chi connectivity index (χ4n) is 1.31. The second kappa shape index (κ2) is 5.17. The summed E-state index contributed by atoms with van der Waals surface area (Å²) in [7, 11) is 0. The van der Waals surface area contributed by atoms with E-state index in [1.807, 2.05) is 13.8 Å². The summed E-state index contributed by atoms with van der Waals surface area (Å²) in [4.78, 5) is 0. The van der Waals surface area contributed by atoms with Crippen molar-refractivity contribution in [3.63, 3.8) is 0 Å². The van der Waals surface area contributed by atoms with Crippen LogP contribution in [0, 0.1) is 5.92 Å². The van der Waals surface area contributed by atoms with Crippen molar-refractivity contribution in [3.05, 3.63) is 33.8 Å². The normalized spacial score (nSPS) is 15.4. The molecule has 0 saturated carbocycles. The summed E-state index contributed by atoms with van der Waals surface area (Å²) in [6.07, 6.45) is -0.755. The van der Waals surface area contributed by atoms with E-state index in [0.29, 0.717) is 15.6 Å². The molecule has 15 heavy (non-hydrogen) atoms. The zero-order valence-corrected chi connectivity index (χ0v) is 10.3. The standard InChI is InChI=1S/C11H15Cl2NO/c1-6(2)10(14)11(15)8-4-3-7(12)5-9(8)13/h3-6,10-11,15H,14H2,1-2H3. The molecule has 2 nitrogen and oxygen atoms in total. The summed E-state index contributed by atoms with van der Waals surface area (Å²) in [5.74, 6) is 0.187. The first-order chi connectivity index (χ1) is 6.93. The zero-order chi connectivity index (χ0) is 11.6. The van der Waals surface area contributed by atoms with E-state index in [0.717, 1.165) is 0 Å². The van der Waals surface area contributed by atoms with Crippen molar-refractivity contribution >= 4 is 23.2 Å². The Morgan fingerprint density at radius 1 is 1.27 bits per heavy atom. The highest BCUT2D eigenvalue weighted by atomic mass is 35.5. The van der Waals surface area contributed by atoms with Crippen molar-refractivity contribution in [1.82, 2.24) is 0 Å². The average molecular weight is 248 g/mol. The van der Waals surface area contributed by atoms with E-state index >= 15 is 0 Å². The molecular formula is C11H15Cl2NO. The van der Waals surface area contributed by atoms with Crippen LogP contribution >= 0.6 is 23.2 Å². The fraction of sp³-hybridized carbons (Fsp3) is 0.455. The number of hydrogen-bond acceptors (Lipinski definition) is 2. The summed E-state index contributed by atoms with van der Waals surface area (Å²) < 4.78 is 0. The van der Waals surface area contributed by atoms with E-state index in [1.54, 1.807) is 18.2 Å². The van der Waals surface area contributed by atoms with Gasteiger partial charge < -0.3 is 10.8 Å². The SMILES string of the molecule is CC(C)C(N)C(O)c1ccc(Cl)cc1Cl. The number of hydrogen-bond donors (Lipinski definition) is 2. The smallest absolute Gasteiger partial charge is 0.0957 e. The Labute approximate surface area is 100.0 Å². The van der Waals surface area contributed by atoms with Gasteiger partial charge in [0.25, 0.3) is 0 Å².